The molecule has 0 N–H and O–H groups in total. The first-order valence-corrected chi connectivity index (χ1v) is 6.83. The lowest BCUT2D eigenvalue weighted by Crippen LogP contribution is -2.41. The molecule has 0 atom stereocenters. The van der Waals surface area contributed by atoms with Crippen LogP contribution in [0.4, 0.5) is 4.39 Å². The van der Waals surface area contributed by atoms with Crippen LogP contribution < -0.4 is 5.46 Å². The molecular formula is C15H22BFO2. The van der Waals surface area contributed by atoms with E-state index in [1.54, 1.807) is 6.07 Å². The van der Waals surface area contributed by atoms with E-state index >= 15 is 0 Å². The number of hydrogen-bond acceptors (Lipinski definition) is 2. The second kappa shape index (κ2) is 4.60. The van der Waals surface area contributed by atoms with E-state index in [-0.39, 0.29) is 17.0 Å². The second-order valence-electron chi connectivity index (χ2n) is 6.18. The summed E-state index contributed by atoms with van der Waals surface area (Å²) in [7, 11) is -0.417. The average Bonchev–Trinajstić information content (AvgIpc) is 2.51. The van der Waals surface area contributed by atoms with Gasteiger partial charge < -0.3 is 9.31 Å². The highest BCUT2D eigenvalue weighted by Gasteiger charge is 2.52. The maximum absolute atomic E-state index is 13.7. The van der Waals surface area contributed by atoms with E-state index in [1.165, 1.54) is 6.07 Å². The Morgan fingerprint density at radius 1 is 1.11 bits per heavy atom. The van der Waals surface area contributed by atoms with Gasteiger partial charge in [0.2, 0.25) is 0 Å². The molecular weight excluding hydrogens is 242 g/mol. The summed E-state index contributed by atoms with van der Waals surface area (Å²) in [5.74, 6) is -0.169. The highest BCUT2D eigenvalue weighted by molar-refractivity contribution is 6.62. The monoisotopic (exact) mass is 264 g/mol. The predicted octanol–water partition coefficient (Wildman–Crippen LogP) is 3.00. The number of rotatable bonds is 2. The van der Waals surface area contributed by atoms with Crippen molar-refractivity contribution in [2.45, 2.75) is 59.2 Å². The van der Waals surface area contributed by atoms with Crippen molar-refractivity contribution in [1.29, 1.82) is 0 Å². The summed E-state index contributed by atoms with van der Waals surface area (Å²) in [5, 5.41) is 0. The van der Waals surface area contributed by atoms with Crippen LogP contribution in [0.2, 0.25) is 0 Å². The first kappa shape index (κ1) is 14.5. The Morgan fingerprint density at radius 2 is 1.63 bits per heavy atom. The molecule has 0 aromatic heterocycles. The van der Waals surface area contributed by atoms with E-state index in [4.69, 9.17) is 9.31 Å². The van der Waals surface area contributed by atoms with Gasteiger partial charge in [-0.2, -0.15) is 0 Å². The zero-order chi connectivity index (χ0) is 14.4. The third-order valence-corrected chi connectivity index (χ3v) is 4.43. The van der Waals surface area contributed by atoms with Gasteiger partial charge in [-0.15, -0.1) is 0 Å². The summed E-state index contributed by atoms with van der Waals surface area (Å²) in [6, 6.07) is 3.28. The number of halogens is 1. The molecule has 1 fully saturated rings. The highest BCUT2D eigenvalue weighted by Crippen LogP contribution is 2.36. The van der Waals surface area contributed by atoms with Gasteiger partial charge in [-0.25, -0.2) is 4.39 Å². The maximum Gasteiger partial charge on any atom is 0.495 e. The molecule has 19 heavy (non-hydrogen) atoms. The van der Waals surface area contributed by atoms with Crippen molar-refractivity contribution in [3.05, 3.63) is 29.1 Å². The fraction of sp³-hybridized carbons (Fsp3) is 0.600. The van der Waals surface area contributed by atoms with Crippen molar-refractivity contribution in [3.8, 4) is 0 Å². The topological polar surface area (TPSA) is 18.5 Å². The highest BCUT2D eigenvalue weighted by atomic mass is 19.1. The molecule has 0 unspecified atom stereocenters. The fourth-order valence-electron chi connectivity index (χ4n) is 2.41. The third kappa shape index (κ3) is 2.32. The van der Waals surface area contributed by atoms with Gasteiger partial charge in [0.1, 0.15) is 5.82 Å². The predicted molar refractivity (Wildman–Crippen MR) is 76.2 cm³/mol. The van der Waals surface area contributed by atoms with E-state index in [9.17, 15) is 4.39 Å². The molecule has 2 nitrogen and oxygen atoms in total. The summed E-state index contributed by atoms with van der Waals surface area (Å²) in [5.41, 5.74) is 1.88. The van der Waals surface area contributed by atoms with Crippen molar-refractivity contribution in [1.82, 2.24) is 0 Å². The molecule has 104 valence electrons. The summed E-state index contributed by atoms with van der Waals surface area (Å²) < 4.78 is 25.7. The van der Waals surface area contributed by atoms with E-state index in [0.717, 1.165) is 17.4 Å². The quantitative estimate of drug-likeness (QED) is 0.764. The Hall–Kier alpha value is -0.865. The van der Waals surface area contributed by atoms with E-state index in [2.05, 4.69) is 0 Å². The van der Waals surface area contributed by atoms with E-state index < -0.39 is 7.12 Å². The van der Waals surface area contributed by atoms with Gasteiger partial charge in [0.05, 0.1) is 11.2 Å². The smallest absolute Gasteiger partial charge is 0.399 e. The van der Waals surface area contributed by atoms with Crippen LogP contribution >= 0.6 is 0 Å². The minimum atomic E-state index is -0.417. The fourth-order valence-corrected chi connectivity index (χ4v) is 2.41. The Bertz CT molecular complexity index is 481. The lowest BCUT2D eigenvalue weighted by molar-refractivity contribution is 0.00578. The molecule has 2 rings (SSSR count). The van der Waals surface area contributed by atoms with Crippen LogP contribution in [-0.2, 0) is 15.7 Å². The van der Waals surface area contributed by atoms with Crippen LogP contribution in [0, 0.1) is 12.7 Å². The van der Waals surface area contributed by atoms with Crippen LogP contribution in [0.3, 0.4) is 0 Å². The molecule has 1 saturated heterocycles. The molecule has 0 aliphatic carbocycles. The maximum atomic E-state index is 13.7. The second-order valence-corrected chi connectivity index (χ2v) is 6.18. The zero-order valence-corrected chi connectivity index (χ0v) is 12.6. The Morgan fingerprint density at radius 3 is 2.11 bits per heavy atom. The summed E-state index contributed by atoms with van der Waals surface area (Å²) in [4.78, 5) is 0. The molecule has 1 aliphatic rings. The number of hydrogen-bond donors (Lipinski definition) is 0. The Balaban J connectivity index is 2.43. The normalized spacial score (nSPS) is 20.9. The van der Waals surface area contributed by atoms with Crippen LogP contribution in [-0.4, -0.2) is 18.3 Å². The first-order valence-electron chi connectivity index (χ1n) is 6.83. The minimum absolute atomic E-state index is 0.169. The van der Waals surface area contributed by atoms with Gasteiger partial charge in [0.15, 0.2) is 0 Å². The van der Waals surface area contributed by atoms with Crippen molar-refractivity contribution < 1.29 is 13.7 Å². The number of benzene rings is 1. The molecule has 0 radical (unpaired) electrons. The van der Waals surface area contributed by atoms with Gasteiger partial charge in [-0.05, 0) is 63.7 Å². The first-order chi connectivity index (χ1) is 8.69. The van der Waals surface area contributed by atoms with Crippen molar-refractivity contribution in [2.75, 3.05) is 0 Å². The molecule has 1 aromatic rings. The average molecular weight is 264 g/mol. The van der Waals surface area contributed by atoms with Gasteiger partial charge in [-0.3, -0.25) is 0 Å². The lowest BCUT2D eigenvalue weighted by atomic mass is 9.74. The van der Waals surface area contributed by atoms with Crippen LogP contribution in [0.25, 0.3) is 0 Å². The van der Waals surface area contributed by atoms with Crippen LogP contribution in [0.15, 0.2) is 12.1 Å². The molecule has 4 heteroatoms. The third-order valence-electron chi connectivity index (χ3n) is 4.43. The lowest BCUT2D eigenvalue weighted by Gasteiger charge is -2.32. The summed E-state index contributed by atoms with van der Waals surface area (Å²) in [6.45, 7) is 11.9. The van der Waals surface area contributed by atoms with E-state index in [1.807, 2.05) is 41.5 Å². The van der Waals surface area contributed by atoms with Gasteiger partial charge in [-0.1, -0.05) is 13.0 Å². The molecule has 1 aromatic carbocycles. The summed E-state index contributed by atoms with van der Waals surface area (Å²) >= 11 is 0. The standard InChI is InChI=1S/C15H22BFO2/c1-7-11-10(2)13(17)9-8-12(11)16-18-14(3,4)15(5,6)19-16/h8-9H,7H2,1-6H3. The molecule has 1 heterocycles. The molecule has 1 aliphatic heterocycles. The molecule has 0 amide bonds. The van der Waals surface area contributed by atoms with Crippen molar-refractivity contribution >= 4 is 12.6 Å². The minimum Gasteiger partial charge on any atom is -0.399 e. The molecule has 0 saturated carbocycles. The molecule has 0 bridgehead atoms. The zero-order valence-electron chi connectivity index (χ0n) is 12.6. The SMILES string of the molecule is CCc1c(B2OC(C)(C)C(C)(C)O2)ccc(F)c1C. The van der Waals surface area contributed by atoms with Crippen molar-refractivity contribution in [3.63, 3.8) is 0 Å². The van der Waals surface area contributed by atoms with Crippen LogP contribution in [0.1, 0.15) is 45.7 Å². The Labute approximate surface area is 115 Å². The van der Waals surface area contributed by atoms with Crippen molar-refractivity contribution in [2.24, 2.45) is 0 Å². The largest absolute Gasteiger partial charge is 0.495 e. The summed E-state index contributed by atoms with van der Waals surface area (Å²) in [6.07, 6.45) is 0.767. The van der Waals surface area contributed by atoms with Crippen LogP contribution in [0.5, 0.6) is 0 Å². The Kier molecular flexibility index (Phi) is 3.52. The molecule has 0 spiro atoms. The van der Waals surface area contributed by atoms with Gasteiger partial charge in [0, 0.05) is 0 Å². The van der Waals surface area contributed by atoms with Gasteiger partial charge >= 0.3 is 7.12 Å². The van der Waals surface area contributed by atoms with Gasteiger partial charge in [0.25, 0.3) is 0 Å². The van der Waals surface area contributed by atoms with E-state index in [0.29, 0.717) is 5.56 Å².